The van der Waals surface area contributed by atoms with E-state index in [4.69, 9.17) is 0 Å². The Labute approximate surface area is 142 Å². The van der Waals surface area contributed by atoms with E-state index in [-0.39, 0.29) is 12.5 Å². The molecule has 2 aromatic rings. The van der Waals surface area contributed by atoms with Crippen molar-refractivity contribution in [2.45, 2.75) is 20.4 Å². The third kappa shape index (κ3) is 5.43. The fourth-order valence-corrected chi connectivity index (χ4v) is 2.24. The van der Waals surface area contributed by atoms with Gasteiger partial charge in [0.1, 0.15) is 0 Å². The van der Waals surface area contributed by atoms with Crippen LogP contribution in [-0.2, 0) is 11.3 Å². The van der Waals surface area contributed by atoms with Gasteiger partial charge < -0.3 is 15.5 Å². The number of anilines is 1. The lowest BCUT2D eigenvalue weighted by Crippen LogP contribution is -2.39. The monoisotopic (exact) mass is 325 g/mol. The molecule has 5 nitrogen and oxygen atoms in total. The van der Waals surface area contributed by atoms with Crippen LogP contribution in [0, 0.1) is 13.8 Å². The van der Waals surface area contributed by atoms with Crippen LogP contribution in [0.4, 0.5) is 10.5 Å². The van der Waals surface area contributed by atoms with E-state index in [1.807, 2.05) is 56.3 Å². The first kappa shape index (κ1) is 17.5. The van der Waals surface area contributed by atoms with Gasteiger partial charge in [0, 0.05) is 19.3 Å². The topological polar surface area (TPSA) is 61.4 Å². The van der Waals surface area contributed by atoms with E-state index in [9.17, 15) is 9.59 Å². The smallest absolute Gasteiger partial charge is 0.319 e. The average Bonchev–Trinajstić information content (AvgIpc) is 2.54. The number of aryl methyl sites for hydroxylation is 2. The van der Waals surface area contributed by atoms with Crippen molar-refractivity contribution in [3.63, 3.8) is 0 Å². The van der Waals surface area contributed by atoms with Crippen molar-refractivity contribution in [1.82, 2.24) is 10.2 Å². The van der Waals surface area contributed by atoms with E-state index in [1.165, 1.54) is 5.56 Å². The number of likely N-dealkylation sites (N-methyl/N-ethyl adjacent to an activating group) is 1. The first-order valence-electron chi connectivity index (χ1n) is 7.85. The van der Waals surface area contributed by atoms with Crippen LogP contribution in [0.1, 0.15) is 16.7 Å². The standard InChI is InChI=1S/C19H23N3O2/c1-14-7-9-16(10-8-14)13-22(3)18(23)12-20-19(24)21-17-6-4-5-15(2)11-17/h4-11H,12-13H2,1-3H3,(H2,20,21,24). The SMILES string of the molecule is Cc1ccc(CN(C)C(=O)CNC(=O)Nc2cccc(C)c2)cc1. The summed E-state index contributed by atoms with van der Waals surface area (Å²) < 4.78 is 0. The molecule has 0 radical (unpaired) electrons. The predicted octanol–water partition coefficient (Wildman–Crippen LogP) is 3.08. The van der Waals surface area contributed by atoms with Crippen molar-refractivity contribution < 1.29 is 9.59 Å². The Kier molecular flexibility index (Phi) is 5.95. The minimum Gasteiger partial charge on any atom is -0.340 e. The number of carbonyl (C=O) groups excluding carboxylic acids is 2. The predicted molar refractivity (Wildman–Crippen MR) is 95.9 cm³/mol. The van der Waals surface area contributed by atoms with E-state index in [1.54, 1.807) is 18.0 Å². The number of hydrogen-bond acceptors (Lipinski definition) is 2. The molecule has 3 amide bonds. The second-order valence-electron chi connectivity index (χ2n) is 5.91. The molecule has 5 heteroatoms. The lowest BCUT2D eigenvalue weighted by atomic mass is 10.1. The summed E-state index contributed by atoms with van der Waals surface area (Å²) in [6.07, 6.45) is 0. The zero-order valence-electron chi connectivity index (χ0n) is 14.3. The minimum atomic E-state index is -0.391. The highest BCUT2D eigenvalue weighted by Crippen LogP contribution is 2.09. The van der Waals surface area contributed by atoms with Crippen LogP contribution >= 0.6 is 0 Å². The van der Waals surface area contributed by atoms with Crippen LogP contribution in [0.3, 0.4) is 0 Å². The van der Waals surface area contributed by atoms with Gasteiger partial charge in [0.2, 0.25) is 5.91 Å². The average molecular weight is 325 g/mol. The zero-order chi connectivity index (χ0) is 17.5. The Hall–Kier alpha value is -2.82. The molecule has 0 atom stereocenters. The highest BCUT2D eigenvalue weighted by Gasteiger charge is 2.11. The van der Waals surface area contributed by atoms with E-state index >= 15 is 0 Å². The molecule has 0 saturated heterocycles. The number of nitrogens with zero attached hydrogens (tertiary/aromatic N) is 1. The first-order valence-corrected chi connectivity index (χ1v) is 7.85. The molecule has 24 heavy (non-hydrogen) atoms. The van der Waals surface area contributed by atoms with Gasteiger partial charge >= 0.3 is 6.03 Å². The zero-order valence-corrected chi connectivity index (χ0v) is 14.3. The van der Waals surface area contributed by atoms with Gasteiger partial charge in [0.15, 0.2) is 0 Å². The van der Waals surface area contributed by atoms with Crippen molar-refractivity contribution in [2.24, 2.45) is 0 Å². The molecule has 0 unspecified atom stereocenters. The van der Waals surface area contributed by atoms with Crippen molar-refractivity contribution in [1.29, 1.82) is 0 Å². The molecule has 126 valence electrons. The molecule has 0 aliphatic heterocycles. The molecule has 0 saturated carbocycles. The highest BCUT2D eigenvalue weighted by molar-refractivity contribution is 5.92. The maximum Gasteiger partial charge on any atom is 0.319 e. The maximum absolute atomic E-state index is 12.1. The van der Waals surface area contributed by atoms with Crippen molar-refractivity contribution in [2.75, 3.05) is 18.9 Å². The van der Waals surface area contributed by atoms with Gasteiger partial charge in [-0.3, -0.25) is 4.79 Å². The van der Waals surface area contributed by atoms with E-state index < -0.39 is 6.03 Å². The Balaban J connectivity index is 1.79. The van der Waals surface area contributed by atoms with Gasteiger partial charge in [0.05, 0.1) is 6.54 Å². The third-order valence-corrected chi connectivity index (χ3v) is 3.64. The molecular weight excluding hydrogens is 302 g/mol. The normalized spacial score (nSPS) is 10.1. The van der Waals surface area contributed by atoms with Crippen LogP contribution in [0.15, 0.2) is 48.5 Å². The van der Waals surface area contributed by atoms with Gasteiger partial charge in [-0.05, 0) is 37.1 Å². The molecule has 0 aliphatic carbocycles. The van der Waals surface area contributed by atoms with Gasteiger partial charge in [-0.1, -0.05) is 42.0 Å². The number of benzene rings is 2. The van der Waals surface area contributed by atoms with Gasteiger partial charge in [0.25, 0.3) is 0 Å². The molecule has 2 rings (SSSR count). The molecule has 2 N–H and O–H groups in total. The number of urea groups is 1. The Morgan fingerprint density at radius 2 is 1.71 bits per heavy atom. The summed E-state index contributed by atoms with van der Waals surface area (Å²) in [5.41, 5.74) is 4.00. The minimum absolute atomic E-state index is 0.0417. The molecule has 0 bridgehead atoms. The Morgan fingerprint density at radius 3 is 2.38 bits per heavy atom. The van der Waals surface area contributed by atoms with E-state index in [0.717, 1.165) is 11.1 Å². The maximum atomic E-state index is 12.1. The summed E-state index contributed by atoms with van der Waals surface area (Å²) >= 11 is 0. The summed E-state index contributed by atoms with van der Waals surface area (Å²) in [7, 11) is 1.72. The molecule has 0 aliphatic rings. The van der Waals surface area contributed by atoms with Crippen LogP contribution < -0.4 is 10.6 Å². The second kappa shape index (κ2) is 8.15. The van der Waals surface area contributed by atoms with Gasteiger partial charge in [-0.2, -0.15) is 0 Å². The number of nitrogens with one attached hydrogen (secondary N) is 2. The lowest BCUT2D eigenvalue weighted by Gasteiger charge is -2.18. The van der Waals surface area contributed by atoms with Gasteiger partial charge in [-0.25, -0.2) is 4.79 Å². The Morgan fingerprint density at radius 1 is 1.00 bits per heavy atom. The molecule has 2 aromatic carbocycles. The number of rotatable bonds is 5. The number of carbonyl (C=O) groups is 2. The summed E-state index contributed by atoms with van der Waals surface area (Å²) in [5.74, 6) is -0.144. The van der Waals surface area contributed by atoms with Crippen LogP contribution in [-0.4, -0.2) is 30.4 Å². The summed E-state index contributed by atoms with van der Waals surface area (Å²) in [4.78, 5) is 25.6. The van der Waals surface area contributed by atoms with Crippen LogP contribution in [0.5, 0.6) is 0 Å². The van der Waals surface area contributed by atoms with E-state index in [0.29, 0.717) is 12.2 Å². The van der Waals surface area contributed by atoms with Crippen molar-refractivity contribution in [3.8, 4) is 0 Å². The third-order valence-electron chi connectivity index (χ3n) is 3.64. The largest absolute Gasteiger partial charge is 0.340 e. The van der Waals surface area contributed by atoms with Crippen LogP contribution in [0.2, 0.25) is 0 Å². The lowest BCUT2D eigenvalue weighted by molar-refractivity contribution is -0.129. The van der Waals surface area contributed by atoms with E-state index in [2.05, 4.69) is 10.6 Å². The fraction of sp³-hybridized carbons (Fsp3) is 0.263. The van der Waals surface area contributed by atoms with Crippen molar-refractivity contribution in [3.05, 3.63) is 65.2 Å². The summed E-state index contributed by atoms with van der Waals surface area (Å²) in [6, 6.07) is 15.1. The highest BCUT2D eigenvalue weighted by atomic mass is 16.2. The van der Waals surface area contributed by atoms with Crippen molar-refractivity contribution >= 4 is 17.6 Å². The molecule has 0 heterocycles. The molecule has 0 aromatic heterocycles. The molecular formula is C19H23N3O2. The van der Waals surface area contributed by atoms with Gasteiger partial charge in [-0.15, -0.1) is 0 Å². The Bertz CT molecular complexity index is 711. The number of amides is 3. The first-order chi connectivity index (χ1) is 11.4. The van der Waals surface area contributed by atoms with Crippen LogP contribution in [0.25, 0.3) is 0 Å². The summed E-state index contributed by atoms with van der Waals surface area (Å²) in [6.45, 7) is 4.45. The summed E-state index contributed by atoms with van der Waals surface area (Å²) in [5, 5.41) is 5.30. The molecule has 0 spiro atoms. The number of hydrogen-bond donors (Lipinski definition) is 2. The fourth-order valence-electron chi connectivity index (χ4n) is 2.24. The quantitative estimate of drug-likeness (QED) is 0.887. The second-order valence-corrected chi connectivity index (χ2v) is 5.91. The molecule has 0 fully saturated rings.